The van der Waals surface area contributed by atoms with E-state index in [1.54, 1.807) is 0 Å². The van der Waals surface area contributed by atoms with Gasteiger partial charge >= 0.3 is 0 Å². The molecule has 0 spiro atoms. The fraction of sp³-hybridized carbons (Fsp3) is 1.00. The van der Waals surface area contributed by atoms with Crippen LogP contribution in [0.5, 0.6) is 0 Å². The van der Waals surface area contributed by atoms with Crippen molar-refractivity contribution in [3.8, 4) is 0 Å². The summed E-state index contributed by atoms with van der Waals surface area (Å²) in [6, 6.07) is 0. The van der Waals surface area contributed by atoms with Gasteiger partial charge in [0.1, 0.15) is 0 Å². The molecule has 0 aliphatic rings. The minimum absolute atomic E-state index is 0.0403. The minimum Gasteiger partial charge on any atom is -0.378 e. The average molecular weight is 323 g/mol. The predicted octanol–water partition coefficient (Wildman–Crippen LogP) is 4.59. The summed E-state index contributed by atoms with van der Waals surface area (Å²) < 4.78 is 35.8. The smallest absolute Gasteiger partial charge is 0.264 e. The first-order valence-electron chi connectivity index (χ1n) is 8.56. The van der Waals surface area contributed by atoms with Gasteiger partial charge in [-0.2, -0.15) is 8.42 Å². The molecular formula is C16H34O4S. The van der Waals surface area contributed by atoms with Gasteiger partial charge < -0.3 is 4.74 Å². The first-order valence-corrected chi connectivity index (χ1v) is 10.2. The van der Waals surface area contributed by atoms with E-state index in [9.17, 15) is 8.42 Å². The van der Waals surface area contributed by atoms with Crippen molar-refractivity contribution in [2.24, 2.45) is 0 Å². The van der Waals surface area contributed by atoms with E-state index in [1.807, 2.05) is 6.92 Å². The Labute approximate surface area is 131 Å². The molecule has 0 bridgehead atoms. The van der Waals surface area contributed by atoms with Crippen LogP contribution in [0.2, 0.25) is 0 Å². The van der Waals surface area contributed by atoms with Gasteiger partial charge in [-0.05, 0) is 19.8 Å². The molecule has 0 aromatic carbocycles. The first-order chi connectivity index (χ1) is 9.99. The highest BCUT2D eigenvalue weighted by Gasteiger charge is 2.13. The summed E-state index contributed by atoms with van der Waals surface area (Å²) in [5.41, 5.74) is 0. The zero-order valence-corrected chi connectivity index (χ0v) is 14.7. The normalized spacial score (nSPS) is 13.5. The van der Waals surface area contributed by atoms with Crippen molar-refractivity contribution < 1.29 is 17.7 Å². The molecule has 1 unspecified atom stereocenters. The van der Waals surface area contributed by atoms with Crippen molar-refractivity contribution in [2.45, 2.75) is 90.6 Å². The molecule has 0 aliphatic heterocycles. The van der Waals surface area contributed by atoms with Gasteiger partial charge in [-0.15, -0.1) is 0 Å². The van der Waals surface area contributed by atoms with E-state index in [0.717, 1.165) is 12.8 Å². The Morgan fingerprint density at radius 2 is 1.38 bits per heavy atom. The third-order valence-corrected chi connectivity index (χ3v) is 4.48. The molecule has 0 saturated carbocycles. The summed E-state index contributed by atoms with van der Waals surface area (Å²) in [6.07, 6.45) is 12.7. The van der Waals surface area contributed by atoms with Gasteiger partial charge in [-0.1, -0.05) is 64.7 Å². The van der Waals surface area contributed by atoms with Gasteiger partial charge in [-0.3, -0.25) is 4.55 Å². The van der Waals surface area contributed by atoms with Crippen molar-refractivity contribution >= 4 is 10.1 Å². The van der Waals surface area contributed by atoms with E-state index < -0.39 is 10.1 Å². The standard InChI is InChI=1S/C16H34O4S/c1-3-5-6-7-8-9-10-11-12-13-16(20-4-2)14-15-21(17,18)19/h16H,3-15H2,1-2H3,(H,17,18,19). The predicted molar refractivity (Wildman–Crippen MR) is 88.3 cm³/mol. The van der Waals surface area contributed by atoms with Crippen molar-refractivity contribution in [3.05, 3.63) is 0 Å². The second-order valence-corrected chi connectivity index (χ2v) is 7.34. The number of hydrogen-bond donors (Lipinski definition) is 1. The van der Waals surface area contributed by atoms with Gasteiger partial charge in [0.2, 0.25) is 0 Å². The van der Waals surface area contributed by atoms with Gasteiger partial charge in [0, 0.05) is 6.61 Å². The summed E-state index contributed by atoms with van der Waals surface area (Å²) in [5, 5.41) is 0. The summed E-state index contributed by atoms with van der Waals surface area (Å²) >= 11 is 0. The Bertz CT molecular complexity index is 314. The average Bonchev–Trinajstić information content (AvgIpc) is 2.42. The SMILES string of the molecule is CCCCCCCCCCCC(CCS(=O)(=O)O)OCC. The number of rotatable bonds is 15. The second kappa shape index (κ2) is 13.5. The van der Waals surface area contributed by atoms with Crippen LogP contribution in [0.1, 0.15) is 84.5 Å². The maximum Gasteiger partial charge on any atom is 0.264 e. The Hall–Kier alpha value is -0.130. The molecule has 1 N–H and O–H groups in total. The first kappa shape index (κ1) is 20.9. The molecule has 128 valence electrons. The zero-order valence-electron chi connectivity index (χ0n) is 13.8. The molecule has 0 aromatic heterocycles. The second-order valence-electron chi connectivity index (χ2n) is 5.77. The van der Waals surface area contributed by atoms with Crippen LogP contribution in [-0.4, -0.2) is 31.4 Å². The molecule has 0 fully saturated rings. The molecule has 0 amide bonds. The lowest BCUT2D eigenvalue weighted by molar-refractivity contribution is 0.0526. The lowest BCUT2D eigenvalue weighted by atomic mass is 10.0. The molecule has 0 aliphatic carbocycles. The number of unbranched alkanes of at least 4 members (excludes halogenated alkanes) is 8. The molecule has 21 heavy (non-hydrogen) atoms. The van der Waals surface area contributed by atoms with Crippen LogP contribution in [0, 0.1) is 0 Å². The molecule has 0 radical (unpaired) electrons. The van der Waals surface area contributed by atoms with Crippen LogP contribution in [0.3, 0.4) is 0 Å². The molecule has 0 rings (SSSR count). The maximum atomic E-state index is 10.8. The van der Waals surface area contributed by atoms with Crippen molar-refractivity contribution in [1.82, 2.24) is 0 Å². The van der Waals surface area contributed by atoms with E-state index in [-0.39, 0.29) is 11.9 Å². The lowest BCUT2D eigenvalue weighted by Gasteiger charge is -2.16. The van der Waals surface area contributed by atoms with E-state index in [0.29, 0.717) is 13.0 Å². The lowest BCUT2D eigenvalue weighted by Crippen LogP contribution is -2.18. The zero-order chi connectivity index (χ0) is 16.0. The topological polar surface area (TPSA) is 63.6 Å². The van der Waals surface area contributed by atoms with Crippen molar-refractivity contribution in [1.29, 1.82) is 0 Å². The van der Waals surface area contributed by atoms with Crippen LogP contribution in [0.25, 0.3) is 0 Å². The van der Waals surface area contributed by atoms with Gasteiger partial charge in [0.05, 0.1) is 11.9 Å². The highest BCUT2D eigenvalue weighted by Crippen LogP contribution is 2.14. The maximum absolute atomic E-state index is 10.8. The fourth-order valence-corrected chi connectivity index (χ4v) is 3.07. The summed E-state index contributed by atoms with van der Waals surface area (Å²) in [4.78, 5) is 0. The molecule has 1 atom stereocenters. The Kier molecular flexibility index (Phi) is 13.4. The largest absolute Gasteiger partial charge is 0.378 e. The Morgan fingerprint density at radius 3 is 1.86 bits per heavy atom. The van der Waals surface area contributed by atoms with Crippen LogP contribution in [0.15, 0.2) is 0 Å². The van der Waals surface area contributed by atoms with E-state index in [4.69, 9.17) is 9.29 Å². The third-order valence-electron chi connectivity index (χ3n) is 3.73. The molecule has 5 heteroatoms. The highest BCUT2D eigenvalue weighted by atomic mass is 32.2. The molecule has 0 aromatic rings. The molecule has 4 nitrogen and oxygen atoms in total. The summed E-state index contributed by atoms with van der Waals surface area (Å²) in [5.74, 6) is -0.199. The van der Waals surface area contributed by atoms with Gasteiger partial charge in [-0.25, -0.2) is 0 Å². The number of ether oxygens (including phenoxy) is 1. The van der Waals surface area contributed by atoms with Crippen LogP contribution in [0.4, 0.5) is 0 Å². The van der Waals surface area contributed by atoms with Gasteiger partial charge in [0.15, 0.2) is 0 Å². The van der Waals surface area contributed by atoms with Gasteiger partial charge in [0.25, 0.3) is 10.1 Å². The number of hydrogen-bond acceptors (Lipinski definition) is 3. The summed E-state index contributed by atoms with van der Waals surface area (Å²) in [7, 11) is -3.87. The molecule has 0 heterocycles. The molecule has 0 saturated heterocycles. The van der Waals surface area contributed by atoms with E-state index in [1.165, 1.54) is 51.4 Å². The fourth-order valence-electron chi connectivity index (χ4n) is 2.51. The van der Waals surface area contributed by atoms with E-state index in [2.05, 4.69) is 6.92 Å². The quantitative estimate of drug-likeness (QED) is 0.354. The van der Waals surface area contributed by atoms with E-state index >= 15 is 0 Å². The Balaban J connectivity index is 3.56. The van der Waals surface area contributed by atoms with Crippen LogP contribution < -0.4 is 0 Å². The monoisotopic (exact) mass is 322 g/mol. The minimum atomic E-state index is -3.87. The molecular weight excluding hydrogens is 288 g/mol. The van der Waals surface area contributed by atoms with Crippen molar-refractivity contribution in [3.63, 3.8) is 0 Å². The van der Waals surface area contributed by atoms with Crippen LogP contribution >= 0.6 is 0 Å². The highest BCUT2D eigenvalue weighted by molar-refractivity contribution is 7.85. The van der Waals surface area contributed by atoms with Crippen LogP contribution in [-0.2, 0) is 14.9 Å². The Morgan fingerprint density at radius 1 is 0.857 bits per heavy atom. The third kappa shape index (κ3) is 16.1. The summed E-state index contributed by atoms with van der Waals surface area (Å²) in [6.45, 7) is 4.74. The van der Waals surface area contributed by atoms with Crippen molar-refractivity contribution in [2.75, 3.05) is 12.4 Å².